The number of carbonyl (C=O) groups excluding carboxylic acids is 3. The number of phenols is 2. The molecule has 0 bridgehead atoms. The van der Waals surface area contributed by atoms with Crippen molar-refractivity contribution < 1.29 is 53.4 Å². The standard InChI is InChI=1S/C27H28FNO10/c1-10-22(31)13(29)6-17(38-10)39-15-8-27(36,16(30)9-28)7-12-19(15)26(35)21-20(24(12)33)23(32)11-4-3-5-14(37-2)18(11)25(21)34/h3-5,10,13,15,17,22,31,33,35-36H,6-9,29H2,1-2H3/t10-,13-,15-,17-,22+,27-/m0/s1. The van der Waals surface area contributed by atoms with E-state index in [2.05, 4.69) is 0 Å². The van der Waals surface area contributed by atoms with E-state index in [4.69, 9.17) is 19.9 Å². The number of fused-ring (bicyclic) bond motifs is 3. The molecule has 1 fully saturated rings. The van der Waals surface area contributed by atoms with Gasteiger partial charge in [0.2, 0.25) is 5.78 Å². The molecule has 1 heterocycles. The summed E-state index contributed by atoms with van der Waals surface area (Å²) >= 11 is 0. The Morgan fingerprint density at radius 1 is 1.18 bits per heavy atom. The number of halogens is 1. The number of hydrogen-bond acceptors (Lipinski definition) is 11. The molecule has 0 amide bonds. The Morgan fingerprint density at radius 3 is 2.51 bits per heavy atom. The largest absolute Gasteiger partial charge is 0.507 e. The molecule has 0 spiro atoms. The number of benzene rings is 2. The number of nitrogens with two attached hydrogens (primary N) is 1. The van der Waals surface area contributed by atoms with Crippen molar-refractivity contribution in [2.24, 2.45) is 5.73 Å². The molecule has 3 aliphatic rings. The van der Waals surface area contributed by atoms with Crippen LogP contribution in [0.3, 0.4) is 0 Å². The molecule has 6 atom stereocenters. The van der Waals surface area contributed by atoms with Crippen molar-refractivity contribution >= 4 is 17.3 Å². The van der Waals surface area contributed by atoms with Crippen molar-refractivity contribution in [2.45, 2.75) is 62.4 Å². The Hall–Kier alpha value is -3.42. The molecule has 39 heavy (non-hydrogen) atoms. The van der Waals surface area contributed by atoms with Crippen LogP contribution in [0.2, 0.25) is 0 Å². The second kappa shape index (κ2) is 9.65. The molecule has 0 radical (unpaired) electrons. The summed E-state index contributed by atoms with van der Waals surface area (Å²) in [6.07, 6.45) is -5.43. The second-order valence-corrected chi connectivity index (χ2v) is 10.1. The molecule has 208 valence electrons. The summed E-state index contributed by atoms with van der Waals surface area (Å²) < 4.78 is 30.4. The van der Waals surface area contributed by atoms with Crippen LogP contribution in [0.4, 0.5) is 4.39 Å². The SMILES string of the molecule is COc1cccc2c1C(=O)c1c(O)c3c(c(O)c1C2=O)C[C@@](O)(C(=O)CF)C[C@@H]3O[C@H]1C[C@H](N)[C@H](O)[C@H](C)O1. The highest BCUT2D eigenvalue weighted by atomic mass is 19.1. The zero-order chi connectivity index (χ0) is 28.4. The number of methoxy groups -OCH3 is 1. The average molecular weight is 546 g/mol. The molecule has 0 saturated carbocycles. The number of aliphatic hydroxyl groups excluding tert-OH is 1. The average Bonchev–Trinajstić information content (AvgIpc) is 2.90. The smallest absolute Gasteiger partial charge is 0.202 e. The molecule has 11 nitrogen and oxygen atoms in total. The van der Waals surface area contributed by atoms with E-state index < -0.39 is 95.7 Å². The van der Waals surface area contributed by atoms with E-state index >= 15 is 0 Å². The van der Waals surface area contributed by atoms with Gasteiger partial charge in [-0.3, -0.25) is 14.4 Å². The van der Waals surface area contributed by atoms with Gasteiger partial charge < -0.3 is 40.4 Å². The minimum atomic E-state index is -2.37. The van der Waals surface area contributed by atoms with Crippen LogP contribution < -0.4 is 10.5 Å². The third-order valence-corrected chi connectivity index (χ3v) is 7.78. The lowest BCUT2D eigenvalue weighted by Crippen LogP contribution is -2.52. The fourth-order valence-electron chi connectivity index (χ4n) is 5.73. The fraction of sp³-hybridized carbons (Fsp3) is 0.444. The number of rotatable bonds is 5. The molecule has 0 aromatic heterocycles. The number of ketones is 3. The molecule has 0 unspecified atom stereocenters. The predicted octanol–water partition coefficient (Wildman–Crippen LogP) is 0.978. The summed E-state index contributed by atoms with van der Waals surface area (Å²) in [5, 5.41) is 44.0. The number of hydrogen-bond donors (Lipinski definition) is 5. The second-order valence-electron chi connectivity index (χ2n) is 10.1. The normalized spacial score (nSPS) is 29.8. The van der Waals surface area contributed by atoms with Gasteiger partial charge in [0.1, 0.15) is 22.8 Å². The molecule has 2 aromatic rings. The number of aromatic hydroxyl groups is 2. The monoisotopic (exact) mass is 545 g/mol. The number of alkyl halides is 1. The van der Waals surface area contributed by atoms with E-state index in [9.17, 15) is 39.2 Å². The molecule has 2 aromatic carbocycles. The summed E-state index contributed by atoms with van der Waals surface area (Å²) in [4.78, 5) is 39.6. The Labute approximate surface area is 221 Å². The Kier molecular flexibility index (Phi) is 6.72. The van der Waals surface area contributed by atoms with Gasteiger partial charge in [0.15, 0.2) is 24.5 Å². The van der Waals surface area contributed by atoms with Crippen LogP contribution in [0.25, 0.3) is 0 Å². The lowest BCUT2D eigenvalue weighted by molar-refractivity contribution is -0.247. The van der Waals surface area contributed by atoms with E-state index in [-0.39, 0.29) is 34.4 Å². The van der Waals surface area contributed by atoms with Crippen LogP contribution in [0.1, 0.15) is 68.8 Å². The molecule has 5 rings (SSSR count). The first-order chi connectivity index (χ1) is 18.4. The van der Waals surface area contributed by atoms with Gasteiger partial charge in [0.25, 0.3) is 0 Å². The molecule has 6 N–H and O–H groups in total. The fourth-order valence-corrected chi connectivity index (χ4v) is 5.73. The van der Waals surface area contributed by atoms with Crippen LogP contribution in [0.15, 0.2) is 18.2 Å². The summed E-state index contributed by atoms with van der Waals surface area (Å²) in [5.74, 6) is -4.13. The zero-order valence-electron chi connectivity index (χ0n) is 21.1. The van der Waals surface area contributed by atoms with E-state index in [1.165, 1.54) is 25.3 Å². The first kappa shape index (κ1) is 27.2. The van der Waals surface area contributed by atoms with Gasteiger partial charge in [-0.1, -0.05) is 12.1 Å². The topological polar surface area (TPSA) is 186 Å². The van der Waals surface area contributed by atoms with Crippen molar-refractivity contribution in [1.82, 2.24) is 0 Å². The first-order valence-electron chi connectivity index (χ1n) is 12.4. The number of carbonyl (C=O) groups is 3. The minimum absolute atomic E-state index is 0.00744. The number of aliphatic hydroxyl groups is 2. The Morgan fingerprint density at radius 2 is 1.87 bits per heavy atom. The van der Waals surface area contributed by atoms with Crippen LogP contribution in [-0.2, 0) is 20.7 Å². The molecule has 1 saturated heterocycles. The summed E-state index contributed by atoms with van der Waals surface area (Å²) in [7, 11) is 1.31. The van der Waals surface area contributed by atoms with E-state index in [0.717, 1.165) is 0 Å². The van der Waals surface area contributed by atoms with Gasteiger partial charge in [0.05, 0.1) is 42.1 Å². The maximum absolute atomic E-state index is 13.6. The molecule has 12 heteroatoms. The Bertz CT molecular complexity index is 1380. The summed E-state index contributed by atoms with van der Waals surface area (Å²) in [5.41, 5.74) is 2.04. The molecular weight excluding hydrogens is 517 g/mol. The van der Waals surface area contributed by atoms with Crippen molar-refractivity contribution in [3.8, 4) is 17.2 Å². The van der Waals surface area contributed by atoms with Crippen LogP contribution in [-0.4, -0.2) is 81.7 Å². The highest BCUT2D eigenvalue weighted by Gasteiger charge is 2.50. The molecule has 2 aliphatic carbocycles. The maximum atomic E-state index is 13.6. The van der Waals surface area contributed by atoms with Gasteiger partial charge in [-0.2, -0.15) is 0 Å². The summed E-state index contributed by atoms with van der Waals surface area (Å²) in [6, 6.07) is 3.57. The van der Waals surface area contributed by atoms with Crippen LogP contribution in [0.5, 0.6) is 17.2 Å². The summed E-state index contributed by atoms with van der Waals surface area (Å²) in [6.45, 7) is 0.0431. The highest BCUT2D eigenvalue weighted by Crippen LogP contribution is 2.52. The predicted molar refractivity (Wildman–Crippen MR) is 131 cm³/mol. The lowest BCUT2D eigenvalue weighted by atomic mass is 9.72. The van der Waals surface area contributed by atoms with E-state index in [1.807, 2.05) is 0 Å². The van der Waals surface area contributed by atoms with Crippen molar-refractivity contribution in [1.29, 1.82) is 0 Å². The highest BCUT2D eigenvalue weighted by molar-refractivity contribution is 6.31. The van der Waals surface area contributed by atoms with Crippen molar-refractivity contribution in [2.75, 3.05) is 13.8 Å². The zero-order valence-corrected chi connectivity index (χ0v) is 21.1. The third-order valence-electron chi connectivity index (χ3n) is 7.78. The van der Waals surface area contributed by atoms with Crippen molar-refractivity contribution in [3.63, 3.8) is 0 Å². The minimum Gasteiger partial charge on any atom is -0.507 e. The van der Waals surface area contributed by atoms with Gasteiger partial charge in [-0.15, -0.1) is 0 Å². The quantitative estimate of drug-likeness (QED) is 0.288. The number of Topliss-reactive ketones (excluding diaryl/α,β-unsaturated/α-hetero) is 1. The number of ether oxygens (including phenoxy) is 3. The van der Waals surface area contributed by atoms with Gasteiger partial charge >= 0.3 is 0 Å². The van der Waals surface area contributed by atoms with E-state index in [0.29, 0.717) is 0 Å². The molecular formula is C27H28FNO10. The van der Waals surface area contributed by atoms with Gasteiger partial charge in [-0.05, 0) is 13.0 Å². The maximum Gasteiger partial charge on any atom is 0.202 e. The lowest BCUT2D eigenvalue weighted by Gasteiger charge is -2.42. The third kappa shape index (κ3) is 4.10. The van der Waals surface area contributed by atoms with E-state index in [1.54, 1.807) is 6.92 Å². The first-order valence-corrected chi connectivity index (χ1v) is 12.4. The van der Waals surface area contributed by atoms with Crippen molar-refractivity contribution in [3.05, 3.63) is 51.6 Å². The van der Waals surface area contributed by atoms with Gasteiger partial charge in [0, 0.05) is 42.0 Å². The van der Waals surface area contributed by atoms with Gasteiger partial charge in [-0.25, -0.2) is 4.39 Å². The van der Waals surface area contributed by atoms with Crippen LogP contribution in [0, 0.1) is 0 Å². The van der Waals surface area contributed by atoms with Crippen LogP contribution >= 0.6 is 0 Å². The Balaban J connectivity index is 1.69. The number of phenolic OH excluding ortho intramolecular Hbond substituents is 2. The molecule has 1 aliphatic heterocycles.